The molecule has 0 saturated heterocycles. The van der Waals surface area contributed by atoms with Gasteiger partial charge in [-0.25, -0.2) is 9.77 Å². The van der Waals surface area contributed by atoms with E-state index in [1.54, 1.807) is 23.9 Å². The highest BCUT2D eigenvalue weighted by molar-refractivity contribution is 7.71. The molecule has 0 saturated carbocycles. The van der Waals surface area contributed by atoms with Crippen LogP contribution in [0.5, 0.6) is 17.2 Å². The lowest BCUT2D eigenvalue weighted by Crippen LogP contribution is -2.20. The number of rotatable bonds is 10. The van der Waals surface area contributed by atoms with Gasteiger partial charge in [-0.2, -0.15) is 5.10 Å². The molecule has 1 amide bonds. The first kappa shape index (κ1) is 26.1. The van der Waals surface area contributed by atoms with Gasteiger partial charge in [0.15, 0.2) is 23.9 Å². The van der Waals surface area contributed by atoms with Crippen molar-refractivity contribution in [2.24, 2.45) is 0 Å². The molecule has 4 rings (SSSR count). The Hall–Kier alpha value is -4.02. The third kappa shape index (κ3) is 6.22. The molecule has 0 radical (unpaired) electrons. The normalized spacial score (nSPS) is 10.6. The first-order chi connectivity index (χ1) is 17.9. The molecule has 0 bridgehead atoms. The number of benzene rings is 3. The summed E-state index contributed by atoms with van der Waals surface area (Å²) in [6.45, 7) is 2.10. The van der Waals surface area contributed by atoms with Gasteiger partial charge in [0.25, 0.3) is 5.91 Å². The molecule has 11 heteroatoms. The number of amides is 1. The van der Waals surface area contributed by atoms with Gasteiger partial charge in [-0.1, -0.05) is 41.4 Å². The average molecular weight is 540 g/mol. The van der Waals surface area contributed by atoms with Crippen LogP contribution in [0.3, 0.4) is 0 Å². The topological polar surface area (TPSA) is 102 Å². The Balaban J connectivity index is 1.46. The third-order valence-corrected chi connectivity index (χ3v) is 5.99. The highest BCUT2D eigenvalue weighted by atomic mass is 35.5. The highest BCUT2D eigenvalue weighted by Gasteiger charge is 2.16. The van der Waals surface area contributed by atoms with Crippen LogP contribution in [0.4, 0.5) is 5.69 Å². The van der Waals surface area contributed by atoms with Crippen molar-refractivity contribution in [3.8, 4) is 28.6 Å². The van der Waals surface area contributed by atoms with Crippen molar-refractivity contribution in [2.45, 2.75) is 13.5 Å². The molecule has 0 unspecified atom stereocenters. The van der Waals surface area contributed by atoms with E-state index < -0.39 is 0 Å². The number of aryl methyl sites for hydroxylation is 1. The number of para-hydroxylation sites is 1. The fraction of sp³-hybridized carbons (Fsp3) is 0.192. The number of halogens is 1. The van der Waals surface area contributed by atoms with Crippen molar-refractivity contribution in [2.75, 3.05) is 31.6 Å². The summed E-state index contributed by atoms with van der Waals surface area (Å²) in [6, 6.07) is 18.5. The van der Waals surface area contributed by atoms with Crippen molar-refractivity contribution in [3.63, 3.8) is 0 Å². The number of carbonyl (C=O) groups is 1. The van der Waals surface area contributed by atoms with Crippen LogP contribution in [0.15, 0.2) is 60.7 Å². The molecule has 192 valence electrons. The summed E-state index contributed by atoms with van der Waals surface area (Å²) in [7, 11) is 3.11. The smallest absolute Gasteiger partial charge is 0.262 e. The fourth-order valence-electron chi connectivity index (χ4n) is 3.61. The molecule has 37 heavy (non-hydrogen) atoms. The Bertz CT molecular complexity index is 1450. The van der Waals surface area contributed by atoms with Gasteiger partial charge >= 0.3 is 0 Å². The van der Waals surface area contributed by atoms with Crippen LogP contribution >= 0.6 is 23.8 Å². The maximum atomic E-state index is 12.3. The summed E-state index contributed by atoms with van der Waals surface area (Å²) >= 11 is 11.9. The van der Waals surface area contributed by atoms with Gasteiger partial charge in [0.05, 0.1) is 31.4 Å². The van der Waals surface area contributed by atoms with Gasteiger partial charge in [-0.3, -0.25) is 4.79 Å². The molecular weight excluding hydrogens is 514 g/mol. The number of aromatic nitrogens is 3. The van der Waals surface area contributed by atoms with E-state index in [1.807, 2.05) is 55.5 Å². The summed E-state index contributed by atoms with van der Waals surface area (Å²) < 4.78 is 18.7. The zero-order chi connectivity index (χ0) is 26.4. The molecule has 4 aromatic rings. The lowest BCUT2D eigenvalue weighted by molar-refractivity contribution is -0.118. The minimum absolute atomic E-state index is 0.228. The number of aromatic amines is 1. The number of H-pyrrole nitrogens is 1. The second kappa shape index (κ2) is 11.8. The van der Waals surface area contributed by atoms with Crippen LogP contribution < -0.4 is 25.0 Å². The van der Waals surface area contributed by atoms with Crippen LogP contribution in [0.1, 0.15) is 11.1 Å². The molecule has 1 heterocycles. The highest BCUT2D eigenvalue weighted by Crippen LogP contribution is 2.36. The van der Waals surface area contributed by atoms with Gasteiger partial charge in [0.1, 0.15) is 5.75 Å². The molecular formula is C26H26ClN5O4S. The summed E-state index contributed by atoms with van der Waals surface area (Å²) in [5.74, 6) is 1.60. The Morgan fingerprint density at radius 3 is 2.54 bits per heavy atom. The molecule has 9 nitrogen and oxygen atoms in total. The Morgan fingerprint density at radius 1 is 1.08 bits per heavy atom. The van der Waals surface area contributed by atoms with Gasteiger partial charge in [-0.15, -0.1) is 0 Å². The Morgan fingerprint density at radius 2 is 1.81 bits per heavy atom. The van der Waals surface area contributed by atoms with Crippen LogP contribution in [0.25, 0.3) is 11.4 Å². The van der Waals surface area contributed by atoms with Crippen molar-refractivity contribution < 1.29 is 19.0 Å². The number of nitrogens with zero attached hydrogens (tertiary/aromatic N) is 2. The maximum absolute atomic E-state index is 12.3. The van der Waals surface area contributed by atoms with Gasteiger partial charge in [-0.05, 0) is 61.1 Å². The predicted molar refractivity (Wildman–Crippen MR) is 146 cm³/mol. The molecule has 0 fully saturated rings. The number of carbonyl (C=O) groups excluding carboxylic acids is 1. The lowest BCUT2D eigenvalue weighted by atomic mass is 10.2. The van der Waals surface area contributed by atoms with Gasteiger partial charge < -0.3 is 25.0 Å². The average Bonchev–Trinajstić information content (AvgIpc) is 3.27. The lowest BCUT2D eigenvalue weighted by Gasteiger charge is -2.16. The first-order valence-electron chi connectivity index (χ1n) is 11.3. The number of ether oxygens (including phenoxy) is 3. The summed E-state index contributed by atoms with van der Waals surface area (Å²) in [6.07, 6.45) is 0. The van der Waals surface area contributed by atoms with Crippen LogP contribution in [0, 0.1) is 11.7 Å². The van der Waals surface area contributed by atoms with Gasteiger partial charge in [0.2, 0.25) is 4.77 Å². The monoisotopic (exact) mass is 539 g/mol. The molecule has 3 aromatic carbocycles. The minimum Gasteiger partial charge on any atom is -0.496 e. The number of hydrogen-bond acceptors (Lipinski definition) is 7. The first-order valence-corrected chi connectivity index (χ1v) is 12.1. The molecule has 0 aliphatic carbocycles. The van der Waals surface area contributed by atoms with Crippen molar-refractivity contribution >= 4 is 35.4 Å². The standard InChI is InChI=1S/C26H26ClN5O4S/c1-16-8-10-18(11-9-16)29-23(33)15-36-24-20(27)12-17(13-22(24)35-3)14-28-32-25(30-31-26(32)37)19-6-4-5-7-21(19)34-2/h4-13,28H,14-15H2,1-3H3,(H,29,33)(H,31,37). The quantitative estimate of drug-likeness (QED) is 0.233. The summed E-state index contributed by atoms with van der Waals surface area (Å²) in [5, 5.41) is 10.2. The molecule has 0 aliphatic heterocycles. The fourth-order valence-corrected chi connectivity index (χ4v) is 4.10. The number of methoxy groups -OCH3 is 2. The summed E-state index contributed by atoms with van der Waals surface area (Å²) in [5.41, 5.74) is 6.61. The number of anilines is 1. The van der Waals surface area contributed by atoms with E-state index in [2.05, 4.69) is 20.9 Å². The van der Waals surface area contributed by atoms with Gasteiger partial charge in [0, 0.05) is 5.69 Å². The molecule has 0 atom stereocenters. The predicted octanol–water partition coefficient (Wildman–Crippen LogP) is 5.35. The van der Waals surface area contributed by atoms with Crippen molar-refractivity contribution in [3.05, 3.63) is 81.6 Å². The molecule has 1 aromatic heterocycles. The second-order valence-electron chi connectivity index (χ2n) is 8.03. The van der Waals surface area contributed by atoms with E-state index in [1.165, 1.54) is 7.11 Å². The van der Waals surface area contributed by atoms with E-state index in [9.17, 15) is 4.79 Å². The van der Waals surface area contributed by atoms with Crippen LogP contribution in [-0.2, 0) is 11.3 Å². The summed E-state index contributed by atoms with van der Waals surface area (Å²) in [4.78, 5) is 12.3. The zero-order valence-electron chi connectivity index (χ0n) is 20.5. The van der Waals surface area contributed by atoms with E-state index in [4.69, 9.17) is 38.0 Å². The third-order valence-electron chi connectivity index (χ3n) is 5.43. The van der Waals surface area contributed by atoms with E-state index >= 15 is 0 Å². The largest absolute Gasteiger partial charge is 0.496 e. The van der Waals surface area contributed by atoms with Crippen molar-refractivity contribution in [1.29, 1.82) is 0 Å². The van der Waals surface area contributed by atoms with Crippen LogP contribution in [0.2, 0.25) is 5.02 Å². The van der Waals surface area contributed by atoms with Crippen molar-refractivity contribution in [1.82, 2.24) is 14.9 Å². The minimum atomic E-state index is -0.314. The van der Waals surface area contributed by atoms with E-state index in [-0.39, 0.29) is 18.3 Å². The Labute approximate surface area is 224 Å². The van der Waals surface area contributed by atoms with E-state index in [0.717, 1.165) is 16.7 Å². The molecule has 3 N–H and O–H groups in total. The number of nitrogens with one attached hydrogen (secondary N) is 3. The maximum Gasteiger partial charge on any atom is 0.262 e. The molecule has 0 spiro atoms. The van der Waals surface area contributed by atoms with Crippen LogP contribution in [-0.4, -0.2) is 41.6 Å². The SMILES string of the molecule is COc1ccccc1-c1n[nH]c(=S)n1NCc1cc(Cl)c(OCC(=O)Nc2ccc(C)cc2)c(OC)c1. The Kier molecular flexibility index (Phi) is 8.32. The zero-order valence-corrected chi connectivity index (χ0v) is 22.1. The molecule has 0 aliphatic rings. The second-order valence-corrected chi connectivity index (χ2v) is 8.83. The number of hydrogen-bond donors (Lipinski definition) is 3. The van der Waals surface area contributed by atoms with E-state index in [0.29, 0.717) is 39.3 Å².